The van der Waals surface area contributed by atoms with Gasteiger partial charge in [0.1, 0.15) is 0 Å². The monoisotopic (exact) mass is 194 g/mol. The summed E-state index contributed by atoms with van der Waals surface area (Å²) in [5.41, 5.74) is 1.98. The number of hydrogen-bond donors (Lipinski definition) is 0. The average Bonchev–Trinajstić information content (AvgIpc) is 2.02. The van der Waals surface area contributed by atoms with E-state index in [1.807, 2.05) is 0 Å². The molecule has 1 aliphatic heterocycles. The second-order valence-electron chi connectivity index (χ2n) is 4.87. The Hall–Kier alpha value is -0.170. The molecule has 1 saturated heterocycles. The highest BCUT2D eigenvalue weighted by Crippen LogP contribution is 2.49. The van der Waals surface area contributed by atoms with Crippen LogP contribution in [0.4, 0.5) is 0 Å². The van der Waals surface area contributed by atoms with Crippen LogP contribution in [0.15, 0.2) is 22.6 Å². The Balaban J connectivity index is 2.27. The molecule has 13 heavy (non-hydrogen) atoms. The summed E-state index contributed by atoms with van der Waals surface area (Å²) < 4.78 is 0. The van der Waals surface area contributed by atoms with Gasteiger partial charge in [0, 0.05) is 0 Å². The Bertz CT molecular complexity index is 271. The highest BCUT2D eigenvalue weighted by molar-refractivity contribution is 8.03. The molecule has 0 radical (unpaired) electrons. The minimum Gasteiger partial charge on any atom is -0.130 e. The zero-order valence-electron chi connectivity index (χ0n) is 8.76. The van der Waals surface area contributed by atoms with Crippen LogP contribution in [-0.2, 0) is 0 Å². The van der Waals surface area contributed by atoms with Crippen LogP contribution in [0.3, 0.4) is 0 Å². The quantitative estimate of drug-likeness (QED) is 0.561. The lowest BCUT2D eigenvalue weighted by Gasteiger charge is -2.41. The Labute approximate surface area is 85.5 Å². The van der Waals surface area contributed by atoms with Crippen LogP contribution in [0.5, 0.6) is 0 Å². The molecule has 1 heterocycles. The molecule has 1 aliphatic carbocycles. The topological polar surface area (TPSA) is 0 Å². The van der Waals surface area contributed by atoms with Crippen LogP contribution in [0, 0.1) is 11.3 Å². The van der Waals surface area contributed by atoms with Crippen LogP contribution < -0.4 is 0 Å². The minimum absolute atomic E-state index is 0.522. The van der Waals surface area contributed by atoms with Gasteiger partial charge in [0.2, 0.25) is 0 Å². The predicted molar refractivity (Wildman–Crippen MR) is 60.8 cm³/mol. The van der Waals surface area contributed by atoms with E-state index in [2.05, 4.69) is 44.7 Å². The average molecular weight is 194 g/mol. The summed E-state index contributed by atoms with van der Waals surface area (Å²) in [6.45, 7) is 7.05. The molecule has 0 aromatic rings. The van der Waals surface area contributed by atoms with Crippen molar-refractivity contribution in [3.63, 3.8) is 0 Å². The molecule has 0 spiro atoms. The second kappa shape index (κ2) is 3.20. The van der Waals surface area contributed by atoms with Crippen molar-refractivity contribution in [1.82, 2.24) is 0 Å². The van der Waals surface area contributed by atoms with Gasteiger partial charge in [0.15, 0.2) is 0 Å². The van der Waals surface area contributed by atoms with Crippen LogP contribution in [0.2, 0.25) is 0 Å². The molecule has 0 N–H and O–H groups in total. The zero-order chi connectivity index (χ0) is 9.47. The van der Waals surface area contributed by atoms with E-state index in [9.17, 15) is 0 Å². The molecule has 2 aliphatic rings. The normalized spacial score (nSPS) is 31.8. The predicted octanol–water partition coefficient (Wildman–Crippen LogP) is 4.00. The van der Waals surface area contributed by atoms with Crippen molar-refractivity contribution in [2.45, 2.75) is 33.6 Å². The first kappa shape index (κ1) is 9.39. The third kappa shape index (κ3) is 1.71. The first-order valence-electron chi connectivity index (χ1n) is 5.11. The van der Waals surface area contributed by atoms with Crippen LogP contribution in [0.1, 0.15) is 33.6 Å². The van der Waals surface area contributed by atoms with Crippen molar-refractivity contribution >= 4 is 11.8 Å². The van der Waals surface area contributed by atoms with E-state index < -0.39 is 0 Å². The fourth-order valence-corrected chi connectivity index (χ4v) is 4.01. The van der Waals surface area contributed by atoms with Gasteiger partial charge in [0.25, 0.3) is 0 Å². The van der Waals surface area contributed by atoms with Gasteiger partial charge in [-0.3, -0.25) is 0 Å². The smallest absolute Gasteiger partial charge is 0.00155 e. The largest absolute Gasteiger partial charge is 0.130 e. The van der Waals surface area contributed by atoms with E-state index in [0.29, 0.717) is 5.41 Å². The summed E-state index contributed by atoms with van der Waals surface area (Å²) >= 11 is 2.07. The number of thioether (sulfide) groups is 1. The van der Waals surface area contributed by atoms with Crippen molar-refractivity contribution in [3.8, 4) is 0 Å². The number of fused-ring (bicyclic) bond motifs is 1. The molecule has 0 bridgehead atoms. The van der Waals surface area contributed by atoms with Gasteiger partial charge < -0.3 is 0 Å². The van der Waals surface area contributed by atoms with Crippen LogP contribution >= 0.6 is 11.8 Å². The molecule has 0 aromatic carbocycles. The first-order chi connectivity index (χ1) is 6.09. The van der Waals surface area contributed by atoms with Crippen molar-refractivity contribution in [2.24, 2.45) is 11.3 Å². The summed E-state index contributed by atoms with van der Waals surface area (Å²) in [6.07, 6.45) is 7.41. The van der Waals surface area contributed by atoms with E-state index in [0.717, 1.165) is 5.92 Å². The van der Waals surface area contributed by atoms with Gasteiger partial charge in [-0.2, -0.15) is 0 Å². The zero-order valence-corrected chi connectivity index (χ0v) is 9.58. The van der Waals surface area contributed by atoms with E-state index in [1.54, 1.807) is 4.91 Å². The molecule has 2 rings (SSSR count). The molecule has 0 amide bonds. The molecule has 1 heteroatoms. The molecule has 1 unspecified atom stereocenters. The lowest BCUT2D eigenvalue weighted by atomic mass is 9.72. The minimum atomic E-state index is 0.522. The highest BCUT2D eigenvalue weighted by atomic mass is 32.2. The number of allylic oxidation sites excluding steroid dienone is 4. The lowest BCUT2D eigenvalue weighted by Crippen LogP contribution is -2.30. The maximum absolute atomic E-state index is 2.42. The highest BCUT2D eigenvalue weighted by Gasteiger charge is 2.36. The number of hydrogen-bond acceptors (Lipinski definition) is 1. The van der Waals surface area contributed by atoms with E-state index in [4.69, 9.17) is 0 Å². The second-order valence-corrected chi connectivity index (χ2v) is 6.04. The molecule has 1 fully saturated rings. The van der Waals surface area contributed by atoms with Gasteiger partial charge in [-0.05, 0) is 47.8 Å². The molecule has 72 valence electrons. The van der Waals surface area contributed by atoms with E-state index in [-0.39, 0.29) is 0 Å². The van der Waals surface area contributed by atoms with E-state index >= 15 is 0 Å². The summed E-state index contributed by atoms with van der Waals surface area (Å²) in [4.78, 5) is 1.64. The molecular formula is C12H18S. The fourth-order valence-electron chi connectivity index (χ4n) is 2.26. The van der Waals surface area contributed by atoms with Gasteiger partial charge in [-0.25, -0.2) is 0 Å². The maximum Gasteiger partial charge on any atom is -0.00155 e. The SMILES string of the molecule is CC1=CCC2C(=C1)SCCC2(C)C. The fraction of sp³-hybridized carbons (Fsp3) is 0.667. The summed E-state index contributed by atoms with van der Waals surface area (Å²) in [7, 11) is 0. The lowest BCUT2D eigenvalue weighted by molar-refractivity contribution is 0.241. The van der Waals surface area contributed by atoms with Crippen molar-refractivity contribution in [1.29, 1.82) is 0 Å². The van der Waals surface area contributed by atoms with Crippen LogP contribution in [0.25, 0.3) is 0 Å². The van der Waals surface area contributed by atoms with Gasteiger partial charge in [0.05, 0.1) is 0 Å². The van der Waals surface area contributed by atoms with Crippen molar-refractivity contribution < 1.29 is 0 Å². The first-order valence-corrected chi connectivity index (χ1v) is 6.09. The Kier molecular flexibility index (Phi) is 2.31. The summed E-state index contributed by atoms with van der Waals surface area (Å²) in [6, 6.07) is 0. The Morgan fingerprint density at radius 3 is 3.00 bits per heavy atom. The third-order valence-corrected chi connectivity index (χ3v) is 4.49. The summed E-state index contributed by atoms with van der Waals surface area (Å²) in [5, 5.41) is 0. The van der Waals surface area contributed by atoms with Gasteiger partial charge in [-0.15, -0.1) is 11.8 Å². The number of rotatable bonds is 0. The van der Waals surface area contributed by atoms with E-state index in [1.165, 1.54) is 24.2 Å². The molecule has 1 atom stereocenters. The van der Waals surface area contributed by atoms with Crippen molar-refractivity contribution in [2.75, 3.05) is 5.75 Å². The standard InChI is InChI=1S/C12H18S/c1-9-4-5-10-11(8-9)13-7-6-12(10,2)3/h4,8,10H,5-7H2,1-3H3. The van der Waals surface area contributed by atoms with Gasteiger partial charge >= 0.3 is 0 Å². The Morgan fingerprint density at radius 1 is 1.46 bits per heavy atom. The summed E-state index contributed by atoms with van der Waals surface area (Å²) in [5.74, 6) is 2.11. The molecule has 0 nitrogen and oxygen atoms in total. The Morgan fingerprint density at radius 2 is 2.23 bits per heavy atom. The van der Waals surface area contributed by atoms with Crippen LogP contribution in [-0.4, -0.2) is 5.75 Å². The van der Waals surface area contributed by atoms with Gasteiger partial charge in [-0.1, -0.05) is 25.5 Å². The molecule has 0 saturated carbocycles. The van der Waals surface area contributed by atoms with Crippen molar-refractivity contribution in [3.05, 3.63) is 22.6 Å². The molecule has 0 aromatic heterocycles. The molecular weight excluding hydrogens is 176 g/mol. The maximum atomic E-state index is 2.42. The third-order valence-electron chi connectivity index (χ3n) is 3.35.